The minimum absolute atomic E-state index is 0.0556. The molecule has 1 spiro atoms. The lowest BCUT2D eigenvalue weighted by Crippen LogP contribution is -2.68. The Morgan fingerprint density at radius 3 is 2.41 bits per heavy atom. The number of halogens is 2. The molecule has 4 saturated carbocycles. The minimum atomic E-state index is -5.99. The maximum Gasteiger partial charge on any atom is 0.465 e. The second-order valence-corrected chi connectivity index (χ2v) is 11.5. The van der Waals surface area contributed by atoms with Crippen LogP contribution in [-0.4, -0.2) is 43.4 Å². The van der Waals surface area contributed by atoms with Crippen molar-refractivity contribution in [3.63, 3.8) is 0 Å². The monoisotopic (exact) mass is 470 g/mol. The van der Waals surface area contributed by atoms with Crippen LogP contribution in [0, 0.1) is 29.6 Å². The molecule has 7 nitrogen and oxygen atoms in total. The summed E-state index contributed by atoms with van der Waals surface area (Å²) in [5, 5.41) is -5.14. The van der Waals surface area contributed by atoms with Gasteiger partial charge in [0.25, 0.3) is 0 Å². The average molecular weight is 470 g/mol. The summed E-state index contributed by atoms with van der Waals surface area (Å²) >= 11 is 0. The number of carbonyl (C=O) groups excluding carboxylic acids is 2. The van der Waals surface area contributed by atoms with Crippen molar-refractivity contribution in [1.29, 1.82) is 0 Å². The van der Waals surface area contributed by atoms with Gasteiger partial charge in [-0.3, -0.25) is 4.55 Å². The van der Waals surface area contributed by atoms with Crippen molar-refractivity contribution in [3.05, 3.63) is 35.4 Å². The second-order valence-electron chi connectivity index (χ2n) is 10.1. The van der Waals surface area contributed by atoms with E-state index in [0.717, 1.165) is 25.7 Å². The molecule has 2 bridgehead atoms. The van der Waals surface area contributed by atoms with Crippen molar-refractivity contribution in [3.8, 4) is 0 Å². The third-order valence-corrected chi connectivity index (χ3v) is 9.47. The number of alkyl halides is 2. The molecule has 0 heterocycles. The van der Waals surface area contributed by atoms with Gasteiger partial charge in [-0.15, -0.1) is 0 Å². The maximum absolute atomic E-state index is 13.2. The van der Waals surface area contributed by atoms with E-state index in [1.54, 1.807) is 0 Å². The van der Waals surface area contributed by atoms with Gasteiger partial charge in [-0.1, -0.05) is 29.8 Å². The molecule has 4 fully saturated rings. The molecule has 5 rings (SSSR count). The summed E-state index contributed by atoms with van der Waals surface area (Å²) in [5.41, 5.74) is 2.54. The van der Waals surface area contributed by atoms with Crippen LogP contribution in [0.15, 0.2) is 24.3 Å². The molecule has 10 heteroatoms. The highest BCUT2D eigenvalue weighted by Gasteiger charge is 2.84. The Balaban J connectivity index is 1.25. The van der Waals surface area contributed by atoms with Gasteiger partial charge in [-0.25, -0.2) is 9.59 Å². The molecule has 5 atom stereocenters. The second kappa shape index (κ2) is 6.50. The highest BCUT2D eigenvalue weighted by atomic mass is 32.2. The summed E-state index contributed by atoms with van der Waals surface area (Å²) in [6, 6.07) is 8.60. The van der Waals surface area contributed by atoms with Crippen LogP contribution in [0.2, 0.25) is 0 Å². The summed E-state index contributed by atoms with van der Waals surface area (Å²) in [4.78, 5) is 23.3. The smallest absolute Gasteiger partial charge is 0.463 e. The van der Waals surface area contributed by atoms with Gasteiger partial charge in [-0.05, 0) is 67.3 Å². The van der Waals surface area contributed by atoms with E-state index in [4.69, 9.17) is 9.29 Å². The molecule has 0 amide bonds. The third kappa shape index (κ3) is 2.68. The Bertz CT molecular complexity index is 1100. The van der Waals surface area contributed by atoms with Crippen LogP contribution >= 0.6 is 0 Å². The molecule has 4 aliphatic rings. The molecular formula is C22H24F2O7S. The number of fused-ring (bicyclic) bond motifs is 1. The van der Waals surface area contributed by atoms with E-state index >= 15 is 0 Å². The normalized spacial score (nSPS) is 36.6. The SMILES string of the molecule is Cc1ccc(C23CC4CC5CC(COC(=O)COC(=O)C(F)(F)S(=O)(=O)O)(C2)C45C3)cc1. The van der Waals surface area contributed by atoms with Gasteiger partial charge in [0.1, 0.15) is 0 Å². The van der Waals surface area contributed by atoms with Gasteiger partial charge in [0.15, 0.2) is 6.61 Å². The van der Waals surface area contributed by atoms with E-state index in [9.17, 15) is 26.8 Å². The Morgan fingerprint density at radius 1 is 1.12 bits per heavy atom. The standard InChI is InChI=1S/C22H24F2O7S/c1-13-2-4-14(5-3-13)19-7-15-6-16-8-20(10-19,21(15,16)11-19)12-31-17(25)9-30-18(26)22(23,24)32(27,28)29/h2-5,15-16H,6-12H2,1H3,(H,27,28,29). The Kier molecular flexibility index (Phi) is 4.42. The van der Waals surface area contributed by atoms with Crippen molar-refractivity contribution in [2.45, 2.75) is 49.7 Å². The number of ether oxygens (including phenoxy) is 2. The van der Waals surface area contributed by atoms with E-state index < -0.39 is 33.9 Å². The van der Waals surface area contributed by atoms with Gasteiger partial charge < -0.3 is 9.47 Å². The molecule has 174 valence electrons. The van der Waals surface area contributed by atoms with E-state index in [2.05, 4.69) is 29.0 Å². The van der Waals surface area contributed by atoms with Gasteiger partial charge in [0.05, 0.1) is 6.61 Å². The molecule has 0 aromatic heterocycles. The van der Waals surface area contributed by atoms with Crippen molar-refractivity contribution < 1.29 is 40.8 Å². The number of aryl methyl sites for hydroxylation is 1. The third-order valence-electron chi connectivity index (χ3n) is 8.65. The number of hydrogen-bond acceptors (Lipinski definition) is 6. The lowest BCUT2D eigenvalue weighted by molar-refractivity contribution is -0.261. The molecule has 0 radical (unpaired) electrons. The maximum atomic E-state index is 13.2. The summed E-state index contributed by atoms with van der Waals surface area (Å²) in [7, 11) is -5.99. The molecule has 0 saturated heterocycles. The predicted octanol–water partition coefficient (Wildman–Crippen LogP) is 3.01. The average Bonchev–Trinajstić information content (AvgIpc) is 3.16. The van der Waals surface area contributed by atoms with Crippen LogP contribution in [0.1, 0.15) is 43.2 Å². The van der Waals surface area contributed by atoms with Gasteiger partial charge in [0, 0.05) is 5.41 Å². The Labute approximate surface area is 184 Å². The summed E-state index contributed by atoms with van der Waals surface area (Å²) < 4.78 is 65.5. The van der Waals surface area contributed by atoms with Crippen molar-refractivity contribution in [2.24, 2.45) is 22.7 Å². The fourth-order valence-electron chi connectivity index (χ4n) is 7.51. The first-order valence-electron chi connectivity index (χ1n) is 10.6. The zero-order valence-corrected chi connectivity index (χ0v) is 18.3. The Morgan fingerprint density at radius 2 is 1.78 bits per heavy atom. The molecule has 1 N–H and O–H groups in total. The van der Waals surface area contributed by atoms with Crippen LogP contribution in [0.4, 0.5) is 8.78 Å². The molecule has 5 unspecified atom stereocenters. The first kappa shape index (κ1) is 21.8. The fourth-order valence-corrected chi connectivity index (χ4v) is 7.78. The predicted molar refractivity (Wildman–Crippen MR) is 106 cm³/mol. The van der Waals surface area contributed by atoms with Gasteiger partial charge >= 0.3 is 27.3 Å². The highest BCUT2D eigenvalue weighted by molar-refractivity contribution is 7.87. The van der Waals surface area contributed by atoms with Crippen LogP contribution in [0.5, 0.6) is 0 Å². The molecule has 32 heavy (non-hydrogen) atoms. The van der Waals surface area contributed by atoms with Crippen LogP contribution in [0.25, 0.3) is 0 Å². The summed E-state index contributed by atoms with van der Waals surface area (Å²) in [5.74, 6) is -2.34. The van der Waals surface area contributed by atoms with Crippen LogP contribution in [-0.2, 0) is 34.6 Å². The molecule has 1 aromatic carbocycles. The molecular weight excluding hydrogens is 446 g/mol. The quantitative estimate of drug-likeness (QED) is 0.482. The molecule has 0 aliphatic heterocycles. The van der Waals surface area contributed by atoms with E-state index in [0.29, 0.717) is 11.8 Å². The lowest BCUT2D eigenvalue weighted by atomic mass is 9.32. The van der Waals surface area contributed by atoms with E-state index in [-0.39, 0.29) is 22.9 Å². The van der Waals surface area contributed by atoms with Crippen molar-refractivity contribution >= 4 is 22.1 Å². The highest BCUT2D eigenvalue weighted by Crippen LogP contribution is 2.89. The molecule has 4 aliphatic carbocycles. The van der Waals surface area contributed by atoms with Crippen LogP contribution < -0.4 is 0 Å². The van der Waals surface area contributed by atoms with Crippen molar-refractivity contribution in [1.82, 2.24) is 0 Å². The minimum Gasteiger partial charge on any atom is -0.463 e. The van der Waals surface area contributed by atoms with Crippen molar-refractivity contribution in [2.75, 3.05) is 13.2 Å². The number of rotatable bonds is 7. The van der Waals surface area contributed by atoms with E-state index in [1.807, 2.05) is 6.92 Å². The fraction of sp³-hybridized carbons (Fsp3) is 0.636. The first-order valence-corrected chi connectivity index (χ1v) is 12.0. The molecule has 1 aromatic rings. The zero-order chi connectivity index (χ0) is 23.2. The largest absolute Gasteiger partial charge is 0.465 e. The van der Waals surface area contributed by atoms with Gasteiger partial charge in [-0.2, -0.15) is 17.2 Å². The number of benzene rings is 1. The summed E-state index contributed by atoms with van der Waals surface area (Å²) in [6.07, 6.45) is 5.22. The first-order chi connectivity index (χ1) is 14.9. The zero-order valence-electron chi connectivity index (χ0n) is 17.5. The van der Waals surface area contributed by atoms with Gasteiger partial charge in [0.2, 0.25) is 0 Å². The van der Waals surface area contributed by atoms with E-state index in [1.165, 1.54) is 17.5 Å². The topological polar surface area (TPSA) is 107 Å². The lowest BCUT2D eigenvalue weighted by Gasteiger charge is -2.72. The van der Waals surface area contributed by atoms with Crippen LogP contribution in [0.3, 0.4) is 0 Å². The summed E-state index contributed by atoms with van der Waals surface area (Å²) in [6.45, 7) is 1.02. The number of hydrogen-bond donors (Lipinski definition) is 1. The number of esters is 2. The Hall–Kier alpha value is -2.07. The number of carbonyl (C=O) groups is 2.